The molecule has 2 aromatic rings. The molecule has 0 N–H and O–H groups in total. The summed E-state index contributed by atoms with van der Waals surface area (Å²) in [5.41, 5.74) is 1.56. The van der Waals surface area contributed by atoms with Crippen molar-refractivity contribution in [1.82, 2.24) is 19.7 Å². The lowest BCUT2D eigenvalue weighted by Gasteiger charge is -2.05. The standard InChI is InChI=1S/C10H11ClN4O2S/c1-3-15-9(8-5-4-7(2)12-6-8)13-14-10(15)18(11,16)17/h4-6H,3H2,1-2H3. The molecule has 8 heteroatoms. The van der Waals surface area contributed by atoms with Crippen molar-refractivity contribution in [1.29, 1.82) is 0 Å². The van der Waals surface area contributed by atoms with Crippen molar-refractivity contribution in [3.8, 4) is 11.4 Å². The molecule has 2 rings (SSSR count). The van der Waals surface area contributed by atoms with Crippen LogP contribution in [0, 0.1) is 6.92 Å². The summed E-state index contributed by atoms with van der Waals surface area (Å²) in [5, 5.41) is 7.24. The van der Waals surface area contributed by atoms with E-state index in [1.54, 1.807) is 13.1 Å². The van der Waals surface area contributed by atoms with E-state index in [9.17, 15) is 8.42 Å². The third-order valence-corrected chi connectivity index (χ3v) is 3.57. The second kappa shape index (κ2) is 4.66. The fourth-order valence-electron chi connectivity index (χ4n) is 1.57. The van der Waals surface area contributed by atoms with Gasteiger partial charge >= 0.3 is 0 Å². The molecule has 0 atom stereocenters. The molecule has 0 radical (unpaired) electrons. The Kier molecular flexibility index (Phi) is 3.36. The zero-order valence-electron chi connectivity index (χ0n) is 9.83. The predicted molar refractivity (Wildman–Crippen MR) is 66.7 cm³/mol. The van der Waals surface area contributed by atoms with Gasteiger partial charge in [-0.1, -0.05) is 0 Å². The van der Waals surface area contributed by atoms with Crippen LogP contribution in [0.1, 0.15) is 12.6 Å². The van der Waals surface area contributed by atoms with Crippen LogP contribution in [-0.2, 0) is 15.6 Å². The first-order valence-corrected chi connectivity index (χ1v) is 7.55. The van der Waals surface area contributed by atoms with Crippen molar-refractivity contribution in [2.45, 2.75) is 25.5 Å². The minimum atomic E-state index is -3.90. The summed E-state index contributed by atoms with van der Waals surface area (Å²) in [6.07, 6.45) is 1.62. The number of nitrogens with zero attached hydrogens (tertiary/aromatic N) is 4. The van der Waals surface area contributed by atoms with Gasteiger partial charge in [-0.3, -0.25) is 9.55 Å². The fraction of sp³-hybridized carbons (Fsp3) is 0.300. The van der Waals surface area contributed by atoms with Gasteiger partial charge in [-0.2, -0.15) is 0 Å². The Morgan fingerprint density at radius 1 is 1.33 bits per heavy atom. The Balaban J connectivity index is 2.59. The van der Waals surface area contributed by atoms with Crippen LogP contribution < -0.4 is 0 Å². The molecule has 0 spiro atoms. The summed E-state index contributed by atoms with van der Waals surface area (Å²) < 4.78 is 24.1. The summed E-state index contributed by atoms with van der Waals surface area (Å²) in [6.45, 7) is 4.06. The van der Waals surface area contributed by atoms with Gasteiger partial charge in [-0.05, 0) is 26.0 Å². The van der Waals surface area contributed by atoms with Gasteiger partial charge in [0, 0.05) is 34.7 Å². The van der Waals surface area contributed by atoms with Crippen molar-refractivity contribution < 1.29 is 8.42 Å². The number of pyridine rings is 1. The molecule has 0 aromatic carbocycles. The molecule has 0 fully saturated rings. The van der Waals surface area contributed by atoms with Crippen LogP contribution in [0.15, 0.2) is 23.5 Å². The quantitative estimate of drug-likeness (QED) is 0.801. The lowest BCUT2D eigenvalue weighted by atomic mass is 10.2. The number of aromatic nitrogens is 4. The summed E-state index contributed by atoms with van der Waals surface area (Å²) in [4.78, 5) is 4.14. The average molecular weight is 287 g/mol. The monoisotopic (exact) mass is 286 g/mol. The summed E-state index contributed by atoms with van der Waals surface area (Å²) in [5.74, 6) is 0.434. The van der Waals surface area contributed by atoms with Gasteiger partial charge < -0.3 is 0 Å². The highest BCUT2D eigenvalue weighted by Crippen LogP contribution is 2.21. The van der Waals surface area contributed by atoms with Gasteiger partial charge in [-0.25, -0.2) is 8.42 Å². The van der Waals surface area contributed by atoms with Crippen LogP contribution in [0.4, 0.5) is 0 Å². The minimum Gasteiger partial charge on any atom is -0.297 e. The molecule has 2 heterocycles. The second-order valence-corrected chi connectivity index (χ2v) is 6.14. The van der Waals surface area contributed by atoms with E-state index in [0.29, 0.717) is 17.9 Å². The lowest BCUT2D eigenvalue weighted by molar-refractivity contribution is 0.582. The number of rotatable bonds is 3. The number of hydrogen-bond donors (Lipinski definition) is 0. The van der Waals surface area contributed by atoms with Crippen molar-refractivity contribution in [3.63, 3.8) is 0 Å². The highest BCUT2D eigenvalue weighted by atomic mass is 35.7. The van der Waals surface area contributed by atoms with E-state index < -0.39 is 9.05 Å². The van der Waals surface area contributed by atoms with Crippen LogP contribution in [0.25, 0.3) is 11.4 Å². The molecule has 0 saturated heterocycles. The van der Waals surface area contributed by atoms with Gasteiger partial charge in [0.1, 0.15) is 0 Å². The van der Waals surface area contributed by atoms with E-state index in [0.717, 1.165) is 5.69 Å². The van der Waals surface area contributed by atoms with E-state index >= 15 is 0 Å². The lowest BCUT2D eigenvalue weighted by Crippen LogP contribution is -2.06. The molecule has 0 saturated carbocycles. The molecule has 2 aromatic heterocycles. The SMILES string of the molecule is CCn1c(-c2ccc(C)nc2)nnc1S(=O)(=O)Cl. The maximum Gasteiger partial charge on any atom is 0.296 e. The van der Waals surface area contributed by atoms with E-state index in [-0.39, 0.29) is 5.16 Å². The Hall–Kier alpha value is -1.47. The van der Waals surface area contributed by atoms with Crippen LogP contribution in [0.3, 0.4) is 0 Å². The van der Waals surface area contributed by atoms with E-state index in [1.165, 1.54) is 4.57 Å². The first kappa shape index (κ1) is 13.0. The van der Waals surface area contributed by atoms with Crippen LogP contribution in [0.2, 0.25) is 0 Å². The Bertz CT molecular complexity index is 664. The van der Waals surface area contributed by atoms with Crippen molar-refractivity contribution in [2.75, 3.05) is 0 Å². The molecule has 6 nitrogen and oxygen atoms in total. The maximum atomic E-state index is 11.3. The summed E-state index contributed by atoms with van der Waals surface area (Å²) in [7, 11) is 1.40. The normalized spacial score (nSPS) is 11.7. The maximum absolute atomic E-state index is 11.3. The predicted octanol–water partition coefficient (Wildman–Crippen LogP) is 1.60. The van der Waals surface area contributed by atoms with Crippen molar-refractivity contribution in [2.24, 2.45) is 0 Å². The zero-order chi connectivity index (χ0) is 13.3. The van der Waals surface area contributed by atoms with Gasteiger partial charge in [0.2, 0.25) is 0 Å². The number of hydrogen-bond acceptors (Lipinski definition) is 5. The number of halogens is 1. The first-order chi connectivity index (χ1) is 8.43. The van der Waals surface area contributed by atoms with Crippen LogP contribution >= 0.6 is 10.7 Å². The summed E-state index contributed by atoms with van der Waals surface area (Å²) in [6, 6.07) is 3.63. The van der Waals surface area contributed by atoms with E-state index in [4.69, 9.17) is 10.7 Å². The summed E-state index contributed by atoms with van der Waals surface area (Å²) >= 11 is 0. The molecule has 0 aliphatic carbocycles. The smallest absolute Gasteiger partial charge is 0.296 e. The molecule has 0 aliphatic heterocycles. The molecule has 96 valence electrons. The fourth-order valence-corrected chi connectivity index (χ4v) is 2.53. The van der Waals surface area contributed by atoms with Crippen LogP contribution in [-0.4, -0.2) is 28.2 Å². The second-order valence-electron chi connectivity index (χ2n) is 3.68. The Labute approximate surface area is 109 Å². The van der Waals surface area contributed by atoms with Crippen molar-refractivity contribution >= 4 is 19.7 Å². The molecule has 0 amide bonds. The molecule has 0 bridgehead atoms. The largest absolute Gasteiger partial charge is 0.297 e. The Morgan fingerprint density at radius 2 is 2.06 bits per heavy atom. The molecular weight excluding hydrogens is 276 g/mol. The molecule has 18 heavy (non-hydrogen) atoms. The molecule has 0 aliphatic rings. The van der Waals surface area contributed by atoms with Gasteiger partial charge in [0.25, 0.3) is 14.2 Å². The molecular formula is C10H11ClN4O2S. The minimum absolute atomic E-state index is 0.248. The van der Waals surface area contributed by atoms with Gasteiger partial charge in [-0.15, -0.1) is 10.2 Å². The highest BCUT2D eigenvalue weighted by molar-refractivity contribution is 8.13. The van der Waals surface area contributed by atoms with Gasteiger partial charge in [0.15, 0.2) is 5.82 Å². The molecule has 0 unspecified atom stereocenters. The first-order valence-electron chi connectivity index (χ1n) is 5.24. The van der Waals surface area contributed by atoms with Gasteiger partial charge in [0.05, 0.1) is 0 Å². The van der Waals surface area contributed by atoms with E-state index in [1.807, 2.05) is 19.1 Å². The third-order valence-electron chi connectivity index (χ3n) is 2.42. The average Bonchev–Trinajstić information content (AvgIpc) is 2.73. The zero-order valence-corrected chi connectivity index (χ0v) is 11.4. The third kappa shape index (κ3) is 2.37. The number of aryl methyl sites for hydroxylation is 1. The van der Waals surface area contributed by atoms with Crippen molar-refractivity contribution in [3.05, 3.63) is 24.0 Å². The topological polar surface area (TPSA) is 77.7 Å². The Morgan fingerprint density at radius 3 is 2.56 bits per heavy atom. The van der Waals surface area contributed by atoms with E-state index in [2.05, 4.69) is 15.2 Å². The highest BCUT2D eigenvalue weighted by Gasteiger charge is 2.22. The van der Waals surface area contributed by atoms with Crippen LogP contribution in [0.5, 0.6) is 0 Å².